The molecule has 0 radical (unpaired) electrons. The van der Waals surface area contributed by atoms with Gasteiger partial charge in [-0.3, -0.25) is 0 Å². The Bertz CT molecular complexity index is 889. The van der Waals surface area contributed by atoms with E-state index in [4.69, 9.17) is 10.5 Å². The molecule has 0 fully saturated rings. The Hall–Kier alpha value is -2.34. The summed E-state index contributed by atoms with van der Waals surface area (Å²) in [5.41, 5.74) is 10.0. The van der Waals surface area contributed by atoms with Crippen molar-refractivity contribution in [3.05, 3.63) is 34.8 Å². The monoisotopic (exact) mass is 359 g/mol. The average Bonchev–Trinajstić information content (AvgIpc) is 2.70. The third-order valence-electron chi connectivity index (χ3n) is 3.80. The number of aromatic amines is 1. The SMILES string of the molecule is Nc1cc(-c2[nH]c3cc(Br)cc4c3c2NCCO4)ccc1O. The first-order valence-electron chi connectivity index (χ1n) is 6.94. The summed E-state index contributed by atoms with van der Waals surface area (Å²) < 4.78 is 6.78. The van der Waals surface area contributed by atoms with E-state index in [0.717, 1.165) is 44.6 Å². The van der Waals surface area contributed by atoms with E-state index in [1.54, 1.807) is 12.1 Å². The van der Waals surface area contributed by atoms with E-state index in [9.17, 15) is 5.11 Å². The Balaban J connectivity index is 2.01. The number of nitrogens with one attached hydrogen (secondary N) is 2. The highest BCUT2D eigenvalue weighted by molar-refractivity contribution is 9.10. The summed E-state index contributed by atoms with van der Waals surface area (Å²) in [6, 6.07) is 9.20. The number of hydrogen-bond donors (Lipinski definition) is 4. The summed E-state index contributed by atoms with van der Waals surface area (Å²) in [5.74, 6) is 0.934. The van der Waals surface area contributed by atoms with E-state index in [1.807, 2.05) is 18.2 Å². The number of H-pyrrole nitrogens is 1. The lowest BCUT2D eigenvalue weighted by atomic mass is 10.1. The fourth-order valence-corrected chi connectivity index (χ4v) is 3.25. The Morgan fingerprint density at radius 3 is 2.91 bits per heavy atom. The first kappa shape index (κ1) is 13.3. The molecule has 0 saturated heterocycles. The Morgan fingerprint density at radius 2 is 2.09 bits per heavy atom. The molecule has 4 rings (SSSR count). The molecule has 1 aromatic heterocycles. The number of nitrogen functional groups attached to an aromatic ring is 1. The van der Waals surface area contributed by atoms with Crippen LogP contribution in [0.2, 0.25) is 0 Å². The molecule has 112 valence electrons. The fourth-order valence-electron chi connectivity index (χ4n) is 2.81. The zero-order chi connectivity index (χ0) is 15.3. The average molecular weight is 360 g/mol. The van der Waals surface area contributed by atoms with Gasteiger partial charge in [-0.1, -0.05) is 15.9 Å². The van der Waals surface area contributed by atoms with Gasteiger partial charge in [-0.05, 0) is 30.3 Å². The number of nitrogens with two attached hydrogens (primary N) is 1. The van der Waals surface area contributed by atoms with E-state index < -0.39 is 0 Å². The van der Waals surface area contributed by atoms with Gasteiger partial charge >= 0.3 is 0 Å². The second-order valence-corrected chi connectivity index (χ2v) is 6.17. The Morgan fingerprint density at radius 1 is 1.23 bits per heavy atom. The smallest absolute Gasteiger partial charge is 0.138 e. The zero-order valence-electron chi connectivity index (χ0n) is 11.6. The van der Waals surface area contributed by atoms with Crippen LogP contribution in [0.15, 0.2) is 34.8 Å². The second kappa shape index (κ2) is 4.84. The van der Waals surface area contributed by atoms with Crippen LogP contribution in [0.3, 0.4) is 0 Å². The van der Waals surface area contributed by atoms with Gasteiger partial charge in [0.25, 0.3) is 0 Å². The number of halogens is 1. The third-order valence-corrected chi connectivity index (χ3v) is 4.26. The van der Waals surface area contributed by atoms with Crippen LogP contribution in [0.1, 0.15) is 0 Å². The first-order valence-corrected chi connectivity index (χ1v) is 7.73. The molecule has 1 aliphatic heterocycles. The van der Waals surface area contributed by atoms with Crippen molar-refractivity contribution in [2.24, 2.45) is 0 Å². The second-order valence-electron chi connectivity index (χ2n) is 5.25. The maximum Gasteiger partial charge on any atom is 0.138 e. The first-order chi connectivity index (χ1) is 10.6. The van der Waals surface area contributed by atoms with Crippen molar-refractivity contribution in [1.29, 1.82) is 0 Å². The molecule has 5 nitrogen and oxygen atoms in total. The topological polar surface area (TPSA) is 83.3 Å². The molecule has 3 aromatic rings. The molecular weight excluding hydrogens is 346 g/mol. The third kappa shape index (κ3) is 1.99. The van der Waals surface area contributed by atoms with Crippen molar-refractivity contribution >= 4 is 38.2 Å². The minimum atomic E-state index is 0.0884. The van der Waals surface area contributed by atoms with Gasteiger partial charge in [0, 0.05) is 16.6 Å². The number of rotatable bonds is 1. The number of phenols is 1. The molecule has 6 heteroatoms. The van der Waals surface area contributed by atoms with Gasteiger partial charge in [-0.25, -0.2) is 0 Å². The van der Waals surface area contributed by atoms with Crippen LogP contribution in [0.4, 0.5) is 11.4 Å². The van der Waals surface area contributed by atoms with Crippen LogP contribution < -0.4 is 15.8 Å². The highest BCUT2D eigenvalue weighted by atomic mass is 79.9. The van der Waals surface area contributed by atoms with Crippen LogP contribution in [0, 0.1) is 0 Å². The number of hydrogen-bond acceptors (Lipinski definition) is 4. The predicted octanol–water partition coefficient (Wildman–Crippen LogP) is 3.69. The van der Waals surface area contributed by atoms with Crippen LogP contribution in [-0.4, -0.2) is 23.2 Å². The van der Waals surface area contributed by atoms with Crippen molar-refractivity contribution in [2.45, 2.75) is 0 Å². The van der Waals surface area contributed by atoms with Gasteiger partial charge in [-0.15, -0.1) is 0 Å². The number of benzene rings is 2. The highest BCUT2D eigenvalue weighted by Gasteiger charge is 2.20. The lowest BCUT2D eigenvalue weighted by Crippen LogP contribution is -2.08. The largest absolute Gasteiger partial charge is 0.506 e. The standard InChI is InChI=1S/C16H14BrN3O2/c17-9-6-11-14-13(7-9)22-4-3-19-16(14)15(20-11)8-1-2-12(21)10(18)5-8/h1-2,5-7,19-21H,3-4,18H2. The zero-order valence-corrected chi connectivity index (χ0v) is 13.2. The number of ether oxygens (including phenoxy) is 1. The molecule has 0 bridgehead atoms. The normalized spacial score (nSPS) is 13.5. The van der Waals surface area contributed by atoms with Gasteiger partial charge in [0.05, 0.1) is 28.0 Å². The predicted molar refractivity (Wildman–Crippen MR) is 91.5 cm³/mol. The summed E-state index contributed by atoms with van der Waals surface area (Å²) in [7, 11) is 0. The molecule has 0 unspecified atom stereocenters. The van der Waals surface area contributed by atoms with Crippen LogP contribution in [0.5, 0.6) is 11.5 Å². The van der Waals surface area contributed by atoms with Crippen molar-refractivity contribution in [1.82, 2.24) is 4.98 Å². The maximum absolute atomic E-state index is 9.62. The number of anilines is 2. The van der Waals surface area contributed by atoms with E-state index in [1.165, 1.54) is 0 Å². The minimum absolute atomic E-state index is 0.0884. The van der Waals surface area contributed by atoms with Gasteiger partial charge in [-0.2, -0.15) is 0 Å². The summed E-state index contributed by atoms with van der Waals surface area (Å²) in [6.45, 7) is 1.33. The van der Waals surface area contributed by atoms with Crippen molar-refractivity contribution < 1.29 is 9.84 Å². The Labute approximate surface area is 135 Å². The van der Waals surface area contributed by atoms with Crippen molar-refractivity contribution in [3.8, 4) is 22.8 Å². The summed E-state index contributed by atoms with van der Waals surface area (Å²) >= 11 is 3.51. The summed E-state index contributed by atoms with van der Waals surface area (Å²) in [6.07, 6.45) is 0. The van der Waals surface area contributed by atoms with Crippen molar-refractivity contribution in [2.75, 3.05) is 24.2 Å². The lowest BCUT2D eigenvalue weighted by Gasteiger charge is -2.07. The van der Waals surface area contributed by atoms with Gasteiger partial charge < -0.3 is 25.9 Å². The molecule has 22 heavy (non-hydrogen) atoms. The molecular formula is C16H14BrN3O2. The number of aromatic nitrogens is 1. The van der Waals surface area contributed by atoms with E-state index in [-0.39, 0.29) is 5.75 Å². The van der Waals surface area contributed by atoms with E-state index >= 15 is 0 Å². The van der Waals surface area contributed by atoms with Gasteiger partial charge in [0.2, 0.25) is 0 Å². The van der Waals surface area contributed by atoms with Crippen LogP contribution >= 0.6 is 15.9 Å². The lowest BCUT2D eigenvalue weighted by molar-refractivity contribution is 0.339. The van der Waals surface area contributed by atoms with Crippen LogP contribution in [0.25, 0.3) is 22.2 Å². The molecule has 0 amide bonds. The molecule has 0 spiro atoms. The number of aromatic hydroxyl groups is 1. The van der Waals surface area contributed by atoms with Gasteiger partial charge in [0.1, 0.15) is 18.1 Å². The quantitative estimate of drug-likeness (QED) is 0.394. The minimum Gasteiger partial charge on any atom is -0.506 e. The van der Waals surface area contributed by atoms with E-state index in [0.29, 0.717) is 12.3 Å². The highest BCUT2D eigenvalue weighted by Crippen LogP contribution is 2.43. The molecule has 5 N–H and O–H groups in total. The Kier molecular flexibility index (Phi) is 2.94. The van der Waals surface area contributed by atoms with Crippen molar-refractivity contribution in [3.63, 3.8) is 0 Å². The molecule has 0 atom stereocenters. The molecule has 0 saturated carbocycles. The molecule has 2 aromatic carbocycles. The summed E-state index contributed by atoms with van der Waals surface area (Å²) in [4.78, 5) is 3.42. The fraction of sp³-hybridized carbons (Fsp3) is 0.125. The van der Waals surface area contributed by atoms with Gasteiger partial charge in [0.15, 0.2) is 0 Å². The summed E-state index contributed by atoms with van der Waals surface area (Å²) in [5, 5.41) is 14.1. The van der Waals surface area contributed by atoms with Crippen LogP contribution in [-0.2, 0) is 0 Å². The molecule has 2 heterocycles. The number of phenolic OH excluding ortho intramolecular Hbond substituents is 1. The molecule has 1 aliphatic rings. The maximum atomic E-state index is 9.62. The molecule has 0 aliphatic carbocycles. The van der Waals surface area contributed by atoms with E-state index in [2.05, 4.69) is 26.2 Å².